The van der Waals surface area contributed by atoms with Crippen molar-refractivity contribution in [2.24, 2.45) is 0 Å². The van der Waals surface area contributed by atoms with Crippen LogP contribution in [0.2, 0.25) is 0 Å². The van der Waals surface area contributed by atoms with Crippen LogP contribution in [0.1, 0.15) is 0 Å². The smallest absolute Gasteiger partial charge is 0.187 e. The quantitative estimate of drug-likeness (QED) is 0.124. The second-order valence-corrected chi connectivity index (χ2v) is 9.32. The van der Waals surface area contributed by atoms with E-state index in [4.69, 9.17) is 23.7 Å². The van der Waals surface area contributed by atoms with Crippen molar-refractivity contribution >= 4 is 0 Å². The third kappa shape index (κ3) is 6.28. The van der Waals surface area contributed by atoms with E-state index in [2.05, 4.69) is 0 Å². The highest BCUT2D eigenvalue weighted by molar-refractivity contribution is 4.98. The molecule has 0 radical (unpaired) electrons. The van der Waals surface area contributed by atoms with E-state index in [0.29, 0.717) is 0 Å². The molecular weight excluding hydrogens is 528 g/mol. The summed E-state index contributed by atoms with van der Waals surface area (Å²) in [6.45, 7) is -2.70. The molecule has 38 heavy (non-hydrogen) atoms. The molecule has 18 heteroatoms. The number of rotatable bonds is 9. The lowest BCUT2D eigenvalue weighted by Gasteiger charge is -2.49. The van der Waals surface area contributed by atoms with Gasteiger partial charge in [-0.1, -0.05) is 0 Å². The molecule has 224 valence electrons. The molecule has 0 bridgehead atoms. The van der Waals surface area contributed by atoms with Crippen LogP contribution >= 0.6 is 0 Å². The van der Waals surface area contributed by atoms with E-state index >= 15 is 0 Å². The first kappa shape index (κ1) is 31.8. The molecule has 18 nitrogen and oxygen atoms in total. The molecule has 3 rings (SSSR count). The van der Waals surface area contributed by atoms with E-state index in [1.165, 1.54) is 0 Å². The van der Waals surface area contributed by atoms with Crippen molar-refractivity contribution in [2.75, 3.05) is 19.8 Å². The molecule has 3 fully saturated rings. The van der Waals surface area contributed by atoms with Crippen LogP contribution in [-0.4, -0.2) is 191 Å². The van der Waals surface area contributed by atoms with Crippen LogP contribution < -0.4 is 0 Å². The zero-order valence-corrected chi connectivity index (χ0v) is 19.8. The molecule has 0 aliphatic carbocycles. The molecule has 0 spiro atoms. The van der Waals surface area contributed by atoms with Crippen LogP contribution in [0, 0.1) is 0 Å². The minimum absolute atomic E-state index is 0.815. The van der Waals surface area contributed by atoms with Gasteiger partial charge in [0.25, 0.3) is 0 Å². The number of aliphatic hydroxyl groups is 13. The second kappa shape index (κ2) is 13.3. The molecule has 3 aliphatic rings. The average Bonchev–Trinajstić information content (AvgIpc) is 2.90. The Morgan fingerprint density at radius 1 is 0.526 bits per heavy atom. The lowest BCUT2D eigenvalue weighted by atomic mass is 9.93. The fourth-order valence-electron chi connectivity index (χ4n) is 4.50. The highest BCUT2D eigenvalue weighted by Gasteiger charge is 2.55. The van der Waals surface area contributed by atoms with E-state index in [0.717, 1.165) is 0 Å². The molecule has 0 saturated carbocycles. The predicted molar refractivity (Wildman–Crippen MR) is 113 cm³/mol. The van der Waals surface area contributed by atoms with Crippen LogP contribution in [0.25, 0.3) is 0 Å². The molecule has 0 amide bonds. The molecule has 3 saturated heterocycles. The highest BCUT2D eigenvalue weighted by atomic mass is 16.7. The van der Waals surface area contributed by atoms with Gasteiger partial charge >= 0.3 is 0 Å². The van der Waals surface area contributed by atoms with E-state index in [1.54, 1.807) is 0 Å². The van der Waals surface area contributed by atoms with Crippen molar-refractivity contribution in [3.05, 3.63) is 0 Å². The maximum absolute atomic E-state index is 10.9. The summed E-state index contributed by atoms with van der Waals surface area (Å²) in [6.07, 6.45) is -31.6. The lowest BCUT2D eigenvalue weighted by molar-refractivity contribution is -0.384. The van der Waals surface area contributed by atoms with Crippen LogP contribution in [0.5, 0.6) is 0 Å². The van der Waals surface area contributed by atoms with Crippen LogP contribution in [-0.2, 0) is 23.7 Å². The zero-order valence-electron chi connectivity index (χ0n) is 19.8. The Morgan fingerprint density at radius 3 is 1.50 bits per heavy atom. The minimum atomic E-state index is -2.07. The maximum atomic E-state index is 10.9. The van der Waals surface area contributed by atoms with Crippen molar-refractivity contribution in [1.82, 2.24) is 0 Å². The lowest BCUT2D eigenvalue weighted by Crippen LogP contribution is -2.68. The molecule has 0 aromatic heterocycles. The first-order valence-electron chi connectivity index (χ1n) is 11.8. The summed E-state index contributed by atoms with van der Waals surface area (Å²) in [5.41, 5.74) is 0. The van der Waals surface area contributed by atoms with Crippen LogP contribution in [0.3, 0.4) is 0 Å². The van der Waals surface area contributed by atoms with Gasteiger partial charge in [-0.15, -0.1) is 0 Å². The zero-order chi connectivity index (χ0) is 28.5. The molecule has 0 aromatic rings. The standard InChI is InChI=1S/C20H36O18/c21-1-4(24)14-10(29)16(12(31)18(33)35-14)37-20-13(32)17(11(30)15(36-20)5(25)2-22)38-19-9(28)8(27)7(26)6(3-23)34-19/h4-33H,1-3H2/t4-,5-,6+,7+,8-,9+,10+,11+,12-,13-,14+,15+,16-,17-,18-,19+,20+/m0/s1. The van der Waals surface area contributed by atoms with Crippen LogP contribution in [0.4, 0.5) is 0 Å². The van der Waals surface area contributed by atoms with Crippen molar-refractivity contribution in [2.45, 2.75) is 104 Å². The summed E-state index contributed by atoms with van der Waals surface area (Å²) >= 11 is 0. The molecular formula is C20H36O18. The number of hydrogen-bond acceptors (Lipinski definition) is 18. The van der Waals surface area contributed by atoms with Gasteiger partial charge in [0.05, 0.1) is 19.8 Å². The molecule has 13 N–H and O–H groups in total. The van der Waals surface area contributed by atoms with Crippen molar-refractivity contribution in [3.63, 3.8) is 0 Å². The van der Waals surface area contributed by atoms with Crippen molar-refractivity contribution < 1.29 is 90.1 Å². The van der Waals surface area contributed by atoms with Crippen LogP contribution in [0.15, 0.2) is 0 Å². The van der Waals surface area contributed by atoms with Crippen molar-refractivity contribution in [1.29, 1.82) is 0 Å². The SMILES string of the molecule is OC[C@H](O)[C@H]1O[C@H](O[C@H]2[C@H](O)[C@@H]([C@@H](O)CO)O[C@H](O)[C@H]2O)[C@@H](O)[C@@H](O[C@H]2O[C@H](CO)[C@@H](O)[C@H](O)[C@H]2O)[C@@H]1O. The van der Waals surface area contributed by atoms with E-state index in [1.807, 2.05) is 0 Å². The Balaban J connectivity index is 1.85. The van der Waals surface area contributed by atoms with Gasteiger partial charge in [-0.2, -0.15) is 0 Å². The number of aliphatic hydroxyl groups excluding tert-OH is 13. The fraction of sp³-hybridized carbons (Fsp3) is 1.00. The summed E-state index contributed by atoms with van der Waals surface area (Å²) in [7, 11) is 0. The topological polar surface area (TPSA) is 309 Å². The van der Waals surface area contributed by atoms with Crippen molar-refractivity contribution in [3.8, 4) is 0 Å². The summed E-state index contributed by atoms with van der Waals surface area (Å²) < 4.78 is 26.3. The van der Waals surface area contributed by atoms with Gasteiger partial charge in [0.15, 0.2) is 18.9 Å². The summed E-state index contributed by atoms with van der Waals surface area (Å²) in [4.78, 5) is 0. The Kier molecular flexibility index (Phi) is 11.1. The maximum Gasteiger partial charge on any atom is 0.187 e. The number of ether oxygens (including phenoxy) is 5. The predicted octanol–water partition coefficient (Wildman–Crippen LogP) is -8.85. The Morgan fingerprint density at radius 2 is 1.00 bits per heavy atom. The third-order valence-corrected chi connectivity index (χ3v) is 6.74. The van der Waals surface area contributed by atoms with Gasteiger partial charge in [0, 0.05) is 0 Å². The molecule has 0 aromatic carbocycles. The Bertz CT molecular complexity index is 730. The van der Waals surface area contributed by atoms with E-state index in [-0.39, 0.29) is 0 Å². The van der Waals surface area contributed by atoms with Gasteiger partial charge < -0.3 is 90.1 Å². The van der Waals surface area contributed by atoms with Gasteiger partial charge in [-0.05, 0) is 0 Å². The molecule has 17 atom stereocenters. The first-order valence-corrected chi connectivity index (χ1v) is 11.8. The molecule has 0 unspecified atom stereocenters. The molecule has 3 aliphatic heterocycles. The summed E-state index contributed by atoms with van der Waals surface area (Å²) in [5, 5.41) is 131. The molecule has 3 heterocycles. The van der Waals surface area contributed by atoms with E-state index in [9.17, 15) is 66.4 Å². The highest BCUT2D eigenvalue weighted by Crippen LogP contribution is 2.33. The Hall–Kier alpha value is -0.720. The van der Waals surface area contributed by atoms with Gasteiger partial charge in [-0.25, -0.2) is 0 Å². The summed E-state index contributed by atoms with van der Waals surface area (Å²) in [5.74, 6) is 0. The largest absolute Gasteiger partial charge is 0.394 e. The van der Waals surface area contributed by atoms with Gasteiger partial charge in [-0.3, -0.25) is 0 Å². The third-order valence-electron chi connectivity index (χ3n) is 6.74. The average molecular weight is 564 g/mol. The number of hydrogen-bond donors (Lipinski definition) is 13. The fourth-order valence-corrected chi connectivity index (χ4v) is 4.50. The monoisotopic (exact) mass is 564 g/mol. The Labute approximate surface area is 215 Å². The normalized spacial score (nSPS) is 50.0. The minimum Gasteiger partial charge on any atom is -0.394 e. The van der Waals surface area contributed by atoms with E-state index < -0.39 is 124 Å². The summed E-state index contributed by atoms with van der Waals surface area (Å²) in [6, 6.07) is 0. The first-order chi connectivity index (χ1) is 17.9. The van der Waals surface area contributed by atoms with Gasteiger partial charge in [0.2, 0.25) is 0 Å². The van der Waals surface area contributed by atoms with Gasteiger partial charge in [0.1, 0.15) is 85.5 Å². The second-order valence-electron chi connectivity index (χ2n) is 9.32.